The van der Waals surface area contributed by atoms with Crippen molar-refractivity contribution in [1.82, 2.24) is 0 Å². The summed E-state index contributed by atoms with van der Waals surface area (Å²) in [5, 5.41) is 0. The molecule has 0 aliphatic rings. The Morgan fingerprint density at radius 2 is 0.318 bits per heavy atom. The smallest absolute Gasteiger partial charge is 0.0701 e. The lowest BCUT2D eigenvalue weighted by Gasteiger charge is -2.09. The fourth-order valence-corrected chi connectivity index (χ4v) is 3.43. The summed E-state index contributed by atoms with van der Waals surface area (Å²) in [6, 6.07) is 0. The van der Waals surface area contributed by atoms with Crippen LogP contribution in [0.15, 0.2) is 0 Å². The van der Waals surface area contributed by atoms with Crippen molar-refractivity contribution in [3.05, 3.63) is 0 Å². The fraction of sp³-hybridized carbons (Fsp3) is 1.00. The Morgan fingerprint density at radius 1 is 0.182 bits per heavy atom. The molecule has 0 aromatic carbocycles. The van der Waals surface area contributed by atoms with Gasteiger partial charge in [0.25, 0.3) is 0 Å². The van der Waals surface area contributed by atoms with E-state index in [1.165, 1.54) is 25.7 Å². The molecule has 0 amide bonds. The van der Waals surface area contributed by atoms with Crippen molar-refractivity contribution in [2.75, 3.05) is 159 Å². The molecule has 0 saturated carbocycles. The summed E-state index contributed by atoms with van der Waals surface area (Å²) in [6.45, 7) is 18.2. The molecule has 0 radical (unpaired) electrons. The molecule has 12 nitrogen and oxygen atoms in total. The summed E-state index contributed by atoms with van der Waals surface area (Å²) in [5.74, 6) is 0. The van der Waals surface area contributed by atoms with Crippen LogP contribution in [-0.4, -0.2) is 159 Å². The van der Waals surface area contributed by atoms with Crippen LogP contribution < -0.4 is 0 Å². The van der Waals surface area contributed by atoms with E-state index in [1.807, 2.05) is 0 Å². The molecule has 0 unspecified atom stereocenters. The summed E-state index contributed by atoms with van der Waals surface area (Å²) < 4.78 is 65.7. The van der Waals surface area contributed by atoms with E-state index in [0.29, 0.717) is 145 Å². The highest BCUT2D eigenvalue weighted by Crippen LogP contribution is 1.95. The fourth-order valence-electron chi connectivity index (χ4n) is 3.43. The lowest BCUT2D eigenvalue weighted by atomic mass is 10.3. The van der Waals surface area contributed by atoms with Crippen molar-refractivity contribution >= 4 is 0 Å². The standard InChI is InChI=1S/C32H66O12/c1-3-5-7-9-33-11-13-35-15-17-37-19-21-39-23-25-41-27-29-43-31-32-44-30-28-42-26-24-40-22-20-38-18-16-36-14-12-34-10-8-6-4-2/h3-32H2,1-2H3. The van der Waals surface area contributed by atoms with Crippen LogP contribution in [0, 0.1) is 0 Å². The molecule has 0 rings (SSSR count). The molecular formula is C32H66O12. The minimum absolute atomic E-state index is 0.522. The second kappa shape index (κ2) is 42.5. The van der Waals surface area contributed by atoms with Crippen LogP contribution in [0.5, 0.6) is 0 Å². The van der Waals surface area contributed by atoms with Gasteiger partial charge in [0.1, 0.15) is 0 Å². The topological polar surface area (TPSA) is 111 Å². The summed E-state index contributed by atoms with van der Waals surface area (Å²) >= 11 is 0. The highest BCUT2D eigenvalue weighted by molar-refractivity contribution is 4.41. The lowest BCUT2D eigenvalue weighted by Crippen LogP contribution is -2.15. The van der Waals surface area contributed by atoms with Crippen LogP contribution in [0.4, 0.5) is 0 Å². The van der Waals surface area contributed by atoms with Crippen molar-refractivity contribution in [2.45, 2.75) is 52.4 Å². The molecule has 12 heteroatoms. The molecule has 0 aromatic rings. The molecule has 0 spiro atoms. The van der Waals surface area contributed by atoms with Gasteiger partial charge in [-0.25, -0.2) is 0 Å². The number of unbranched alkanes of at least 4 members (excludes halogenated alkanes) is 4. The molecule has 0 bridgehead atoms. The van der Waals surface area contributed by atoms with Gasteiger partial charge in [-0.05, 0) is 12.8 Å². The van der Waals surface area contributed by atoms with Crippen LogP contribution >= 0.6 is 0 Å². The maximum absolute atomic E-state index is 5.49. The quantitative estimate of drug-likeness (QED) is 0.0910. The summed E-state index contributed by atoms with van der Waals surface area (Å²) in [7, 11) is 0. The number of rotatable bonds is 41. The lowest BCUT2D eigenvalue weighted by molar-refractivity contribution is -0.0284. The summed E-state index contributed by atoms with van der Waals surface area (Å²) in [4.78, 5) is 0. The van der Waals surface area contributed by atoms with Gasteiger partial charge in [-0.1, -0.05) is 39.5 Å². The van der Waals surface area contributed by atoms with E-state index in [1.54, 1.807) is 0 Å². The van der Waals surface area contributed by atoms with Crippen LogP contribution in [0.25, 0.3) is 0 Å². The second-order valence-corrected chi connectivity index (χ2v) is 9.76. The first kappa shape index (κ1) is 43.5. The molecule has 0 aromatic heterocycles. The predicted molar refractivity (Wildman–Crippen MR) is 169 cm³/mol. The van der Waals surface area contributed by atoms with Crippen LogP contribution in [0.1, 0.15) is 52.4 Å². The first-order valence-corrected chi connectivity index (χ1v) is 16.8. The molecule has 0 aliphatic carbocycles. The highest BCUT2D eigenvalue weighted by Gasteiger charge is 1.97. The predicted octanol–water partition coefficient (Wildman–Crippen LogP) is 3.57. The zero-order valence-electron chi connectivity index (χ0n) is 28.1. The zero-order valence-corrected chi connectivity index (χ0v) is 28.1. The molecule has 0 atom stereocenters. The van der Waals surface area contributed by atoms with E-state index >= 15 is 0 Å². The molecule has 0 heterocycles. The third kappa shape index (κ3) is 41.5. The third-order valence-electron chi connectivity index (χ3n) is 5.88. The van der Waals surface area contributed by atoms with Gasteiger partial charge in [0.15, 0.2) is 0 Å². The molecule has 0 N–H and O–H groups in total. The molecule has 44 heavy (non-hydrogen) atoms. The van der Waals surface area contributed by atoms with Crippen LogP contribution in [0.2, 0.25) is 0 Å². The van der Waals surface area contributed by atoms with Gasteiger partial charge < -0.3 is 56.8 Å². The van der Waals surface area contributed by atoms with Gasteiger partial charge in [0.2, 0.25) is 0 Å². The largest absolute Gasteiger partial charge is 0.379 e. The van der Waals surface area contributed by atoms with Crippen molar-refractivity contribution in [2.24, 2.45) is 0 Å². The average Bonchev–Trinajstić information content (AvgIpc) is 3.04. The molecule has 0 fully saturated rings. The van der Waals surface area contributed by atoms with Crippen molar-refractivity contribution in [3.63, 3.8) is 0 Å². The first-order chi connectivity index (χ1) is 21.9. The normalized spacial score (nSPS) is 11.6. The van der Waals surface area contributed by atoms with Gasteiger partial charge in [-0.2, -0.15) is 0 Å². The van der Waals surface area contributed by atoms with Crippen molar-refractivity contribution in [3.8, 4) is 0 Å². The minimum atomic E-state index is 0.522. The van der Waals surface area contributed by atoms with Crippen molar-refractivity contribution in [1.29, 1.82) is 0 Å². The van der Waals surface area contributed by atoms with Crippen molar-refractivity contribution < 1.29 is 56.8 Å². The number of ether oxygens (including phenoxy) is 12. The van der Waals surface area contributed by atoms with E-state index in [4.69, 9.17) is 56.8 Å². The van der Waals surface area contributed by atoms with Crippen LogP contribution in [-0.2, 0) is 56.8 Å². The van der Waals surface area contributed by atoms with Gasteiger partial charge >= 0.3 is 0 Å². The molecular weight excluding hydrogens is 576 g/mol. The van der Waals surface area contributed by atoms with Gasteiger partial charge in [-0.3, -0.25) is 0 Å². The molecule has 0 saturated heterocycles. The Kier molecular flexibility index (Phi) is 42.1. The number of hydrogen-bond donors (Lipinski definition) is 0. The van der Waals surface area contributed by atoms with E-state index < -0.39 is 0 Å². The Labute approximate surface area is 267 Å². The van der Waals surface area contributed by atoms with E-state index in [-0.39, 0.29) is 0 Å². The van der Waals surface area contributed by atoms with E-state index in [0.717, 1.165) is 26.1 Å². The van der Waals surface area contributed by atoms with Gasteiger partial charge in [0.05, 0.1) is 145 Å². The summed E-state index contributed by atoms with van der Waals surface area (Å²) in [6.07, 6.45) is 7.10. The maximum atomic E-state index is 5.49. The third-order valence-corrected chi connectivity index (χ3v) is 5.88. The number of hydrogen-bond acceptors (Lipinski definition) is 12. The Hall–Kier alpha value is -0.480. The van der Waals surface area contributed by atoms with Gasteiger partial charge in [0, 0.05) is 13.2 Å². The van der Waals surface area contributed by atoms with Gasteiger partial charge in [-0.15, -0.1) is 0 Å². The Balaban J connectivity index is 3.03. The highest BCUT2D eigenvalue weighted by atomic mass is 16.6. The molecule has 0 aliphatic heterocycles. The Bertz CT molecular complexity index is 448. The van der Waals surface area contributed by atoms with E-state index in [9.17, 15) is 0 Å². The Morgan fingerprint density at radius 3 is 0.455 bits per heavy atom. The monoisotopic (exact) mass is 642 g/mol. The average molecular weight is 643 g/mol. The maximum Gasteiger partial charge on any atom is 0.0701 e. The van der Waals surface area contributed by atoms with E-state index in [2.05, 4.69) is 13.8 Å². The van der Waals surface area contributed by atoms with Crippen LogP contribution in [0.3, 0.4) is 0 Å². The summed E-state index contributed by atoms with van der Waals surface area (Å²) in [5.41, 5.74) is 0. The SMILES string of the molecule is CCCCCOCCOCCOCCOCCOCCOCCOCCOCCOCCOCCOCCOCCCCC. The first-order valence-electron chi connectivity index (χ1n) is 16.8. The minimum Gasteiger partial charge on any atom is -0.379 e. The second-order valence-electron chi connectivity index (χ2n) is 9.76. The zero-order chi connectivity index (χ0) is 31.7. The molecule has 266 valence electrons.